The second-order valence-electron chi connectivity index (χ2n) is 4.80. The molecule has 20 heavy (non-hydrogen) atoms. The van der Waals surface area contributed by atoms with Crippen molar-refractivity contribution in [2.24, 2.45) is 0 Å². The molecule has 0 unspecified atom stereocenters. The van der Waals surface area contributed by atoms with Gasteiger partial charge in [0.15, 0.2) is 0 Å². The Morgan fingerprint density at radius 1 is 1.10 bits per heavy atom. The summed E-state index contributed by atoms with van der Waals surface area (Å²) in [6.45, 7) is 2.06. The molecule has 0 aliphatic carbocycles. The van der Waals surface area contributed by atoms with Crippen LogP contribution in [-0.2, 0) is 6.42 Å². The Hall–Kier alpha value is -2.62. The first-order valence-corrected chi connectivity index (χ1v) is 6.45. The van der Waals surface area contributed by atoms with Crippen LogP contribution in [0, 0.1) is 6.92 Å². The van der Waals surface area contributed by atoms with Gasteiger partial charge in [0.05, 0.1) is 6.42 Å². The van der Waals surface area contributed by atoms with Gasteiger partial charge in [0.1, 0.15) is 0 Å². The van der Waals surface area contributed by atoms with Crippen LogP contribution >= 0.6 is 0 Å². The van der Waals surface area contributed by atoms with Crippen molar-refractivity contribution in [3.8, 4) is 11.4 Å². The molecule has 2 aromatic carbocycles. The Balaban J connectivity index is 1.82. The molecule has 4 heteroatoms. The zero-order chi connectivity index (χ0) is 13.9. The molecule has 4 nitrogen and oxygen atoms in total. The largest absolute Gasteiger partial charge is 0.399 e. The van der Waals surface area contributed by atoms with E-state index >= 15 is 0 Å². The Kier molecular flexibility index (Phi) is 3.21. The number of nitrogens with zero attached hydrogens (tertiary/aromatic N) is 2. The maximum atomic E-state index is 5.75. The molecule has 0 atom stereocenters. The van der Waals surface area contributed by atoms with Crippen LogP contribution < -0.4 is 5.73 Å². The van der Waals surface area contributed by atoms with Crippen LogP contribution in [0.5, 0.6) is 0 Å². The number of nitrogens with two attached hydrogens (primary N) is 1. The van der Waals surface area contributed by atoms with Gasteiger partial charge >= 0.3 is 0 Å². The summed E-state index contributed by atoms with van der Waals surface area (Å²) >= 11 is 0. The Morgan fingerprint density at radius 2 is 1.90 bits per heavy atom. The lowest BCUT2D eigenvalue weighted by atomic mass is 10.1. The number of anilines is 1. The third-order valence-electron chi connectivity index (χ3n) is 3.09. The molecule has 1 aromatic heterocycles. The highest BCUT2D eigenvalue weighted by Gasteiger charge is 2.09. The standard InChI is InChI=1S/C16H15N3O/c1-11-5-7-12(8-6-11)9-15-18-16(19-20-15)13-3-2-4-14(17)10-13/h2-8,10H,9,17H2,1H3. The average molecular weight is 265 g/mol. The maximum Gasteiger partial charge on any atom is 0.231 e. The molecule has 0 aliphatic rings. The van der Waals surface area contributed by atoms with E-state index in [1.54, 1.807) is 0 Å². The minimum Gasteiger partial charge on any atom is -0.399 e. The lowest BCUT2D eigenvalue weighted by Crippen LogP contribution is -1.89. The van der Waals surface area contributed by atoms with Gasteiger partial charge in [-0.05, 0) is 24.6 Å². The summed E-state index contributed by atoms with van der Waals surface area (Å²) in [7, 11) is 0. The van der Waals surface area contributed by atoms with Crippen molar-refractivity contribution in [1.82, 2.24) is 10.1 Å². The van der Waals surface area contributed by atoms with Crippen molar-refractivity contribution in [3.63, 3.8) is 0 Å². The number of hydrogen-bond donors (Lipinski definition) is 1. The highest BCUT2D eigenvalue weighted by Crippen LogP contribution is 2.19. The lowest BCUT2D eigenvalue weighted by Gasteiger charge is -1.97. The van der Waals surface area contributed by atoms with Crippen LogP contribution in [0.1, 0.15) is 17.0 Å². The molecule has 0 amide bonds. The molecule has 3 aromatic rings. The molecule has 0 saturated heterocycles. The van der Waals surface area contributed by atoms with Gasteiger partial charge in [-0.3, -0.25) is 0 Å². The van der Waals surface area contributed by atoms with E-state index in [-0.39, 0.29) is 0 Å². The van der Waals surface area contributed by atoms with Crippen LogP contribution in [0.2, 0.25) is 0 Å². The first kappa shape index (κ1) is 12.4. The molecule has 2 N–H and O–H groups in total. The summed E-state index contributed by atoms with van der Waals surface area (Å²) in [6, 6.07) is 15.7. The van der Waals surface area contributed by atoms with E-state index in [1.165, 1.54) is 5.56 Å². The van der Waals surface area contributed by atoms with Gasteiger partial charge in [-0.15, -0.1) is 0 Å². The van der Waals surface area contributed by atoms with Crippen molar-refractivity contribution in [2.75, 3.05) is 5.73 Å². The SMILES string of the molecule is Cc1ccc(Cc2nc(-c3cccc(N)c3)no2)cc1. The van der Waals surface area contributed by atoms with Gasteiger partial charge in [0.25, 0.3) is 0 Å². The molecule has 0 fully saturated rings. The van der Waals surface area contributed by atoms with Crippen molar-refractivity contribution in [1.29, 1.82) is 0 Å². The number of hydrogen-bond acceptors (Lipinski definition) is 4. The van der Waals surface area contributed by atoms with E-state index in [0.29, 0.717) is 23.8 Å². The lowest BCUT2D eigenvalue weighted by molar-refractivity contribution is 0.385. The Morgan fingerprint density at radius 3 is 2.65 bits per heavy atom. The molecule has 0 saturated carbocycles. The molecular weight excluding hydrogens is 250 g/mol. The van der Waals surface area contributed by atoms with Gasteiger partial charge in [0.2, 0.25) is 11.7 Å². The van der Waals surface area contributed by atoms with Gasteiger partial charge < -0.3 is 10.3 Å². The second kappa shape index (κ2) is 5.17. The minimum atomic E-state index is 0.569. The van der Waals surface area contributed by atoms with Crippen LogP contribution in [0.3, 0.4) is 0 Å². The van der Waals surface area contributed by atoms with Crippen molar-refractivity contribution >= 4 is 5.69 Å². The van der Waals surface area contributed by atoms with Gasteiger partial charge in [-0.2, -0.15) is 4.98 Å². The fourth-order valence-electron chi connectivity index (χ4n) is 2.00. The maximum absolute atomic E-state index is 5.75. The van der Waals surface area contributed by atoms with E-state index < -0.39 is 0 Å². The monoisotopic (exact) mass is 265 g/mol. The van der Waals surface area contributed by atoms with E-state index in [2.05, 4.69) is 41.3 Å². The summed E-state index contributed by atoms with van der Waals surface area (Å²) in [5.41, 5.74) is 9.69. The van der Waals surface area contributed by atoms with Crippen molar-refractivity contribution < 1.29 is 4.52 Å². The Labute approximate surface area is 117 Å². The number of aryl methyl sites for hydroxylation is 1. The van der Waals surface area contributed by atoms with Crippen LogP contribution in [-0.4, -0.2) is 10.1 Å². The van der Waals surface area contributed by atoms with E-state index in [9.17, 15) is 0 Å². The highest BCUT2D eigenvalue weighted by molar-refractivity contribution is 5.60. The zero-order valence-corrected chi connectivity index (χ0v) is 11.2. The third-order valence-corrected chi connectivity index (χ3v) is 3.09. The summed E-state index contributed by atoms with van der Waals surface area (Å²) in [4.78, 5) is 4.41. The topological polar surface area (TPSA) is 64.9 Å². The van der Waals surface area contributed by atoms with E-state index in [4.69, 9.17) is 10.3 Å². The third kappa shape index (κ3) is 2.69. The molecule has 100 valence electrons. The molecule has 1 heterocycles. The summed E-state index contributed by atoms with van der Waals surface area (Å²) in [5, 5.41) is 4.00. The second-order valence-corrected chi connectivity index (χ2v) is 4.80. The molecule has 0 spiro atoms. The smallest absolute Gasteiger partial charge is 0.231 e. The molecular formula is C16H15N3O. The number of aromatic nitrogens is 2. The number of nitrogen functional groups attached to an aromatic ring is 1. The minimum absolute atomic E-state index is 0.569. The molecule has 3 rings (SSSR count). The predicted molar refractivity (Wildman–Crippen MR) is 78.1 cm³/mol. The van der Waals surface area contributed by atoms with E-state index in [0.717, 1.165) is 11.1 Å². The Bertz CT molecular complexity index is 717. The van der Waals surface area contributed by atoms with Gasteiger partial charge in [-0.1, -0.05) is 47.1 Å². The van der Waals surface area contributed by atoms with Crippen molar-refractivity contribution in [3.05, 3.63) is 65.5 Å². The number of rotatable bonds is 3. The zero-order valence-electron chi connectivity index (χ0n) is 11.2. The molecule has 0 radical (unpaired) electrons. The summed E-state index contributed by atoms with van der Waals surface area (Å²) in [6.07, 6.45) is 0.635. The molecule has 0 aliphatic heterocycles. The van der Waals surface area contributed by atoms with Crippen LogP contribution in [0.4, 0.5) is 5.69 Å². The quantitative estimate of drug-likeness (QED) is 0.738. The van der Waals surface area contributed by atoms with Crippen molar-refractivity contribution in [2.45, 2.75) is 13.3 Å². The van der Waals surface area contributed by atoms with Crippen LogP contribution in [0.15, 0.2) is 53.1 Å². The molecule has 0 bridgehead atoms. The first-order valence-electron chi connectivity index (χ1n) is 6.45. The highest BCUT2D eigenvalue weighted by atomic mass is 16.5. The fourth-order valence-corrected chi connectivity index (χ4v) is 2.00. The van der Waals surface area contributed by atoms with E-state index in [1.807, 2.05) is 24.3 Å². The fraction of sp³-hybridized carbons (Fsp3) is 0.125. The van der Waals surface area contributed by atoms with Gasteiger partial charge in [-0.25, -0.2) is 0 Å². The summed E-state index contributed by atoms with van der Waals surface area (Å²) in [5.74, 6) is 1.17. The first-order chi connectivity index (χ1) is 9.70. The average Bonchev–Trinajstić information content (AvgIpc) is 2.90. The van der Waals surface area contributed by atoms with Crippen LogP contribution in [0.25, 0.3) is 11.4 Å². The normalized spacial score (nSPS) is 10.7. The summed E-state index contributed by atoms with van der Waals surface area (Å²) < 4.78 is 5.29. The van der Waals surface area contributed by atoms with Gasteiger partial charge in [0, 0.05) is 11.3 Å². The number of benzene rings is 2. The predicted octanol–water partition coefficient (Wildman–Crippen LogP) is 3.22.